The summed E-state index contributed by atoms with van der Waals surface area (Å²) in [6.07, 6.45) is 0.179. The summed E-state index contributed by atoms with van der Waals surface area (Å²) < 4.78 is 2.02. The molecule has 2 amide bonds. The van der Waals surface area contributed by atoms with Gasteiger partial charge in [-0.15, -0.1) is 0 Å². The van der Waals surface area contributed by atoms with E-state index in [2.05, 4.69) is 10.9 Å². The molecular weight excluding hydrogens is 398 g/mol. The quantitative estimate of drug-likeness (QED) is 0.455. The Morgan fingerprint density at radius 2 is 1.34 bits per heavy atom. The topological polar surface area (TPSA) is 63.1 Å². The number of nitrogens with one attached hydrogen (secondary N) is 2. The molecule has 4 aromatic rings. The van der Waals surface area contributed by atoms with Gasteiger partial charge < -0.3 is 4.57 Å². The fourth-order valence-corrected chi connectivity index (χ4v) is 3.84. The molecule has 32 heavy (non-hydrogen) atoms. The van der Waals surface area contributed by atoms with Crippen molar-refractivity contribution in [1.29, 1.82) is 0 Å². The molecule has 4 rings (SSSR count). The Bertz CT molecular complexity index is 1230. The van der Waals surface area contributed by atoms with E-state index in [-0.39, 0.29) is 18.2 Å². The number of benzene rings is 3. The van der Waals surface area contributed by atoms with Crippen LogP contribution in [-0.2, 0) is 11.2 Å². The van der Waals surface area contributed by atoms with Crippen molar-refractivity contribution in [2.45, 2.75) is 20.3 Å². The van der Waals surface area contributed by atoms with Gasteiger partial charge in [0.2, 0.25) is 5.91 Å². The Morgan fingerprint density at radius 3 is 2.00 bits per heavy atom. The van der Waals surface area contributed by atoms with Crippen molar-refractivity contribution in [2.24, 2.45) is 0 Å². The van der Waals surface area contributed by atoms with E-state index in [1.54, 1.807) is 0 Å². The first-order valence-electron chi connectivity index (χ1n) is 10.5. The van der Waals surface area contributed by atoms with Gasteiger partial charge in [-0.2, -0.15) is 0 Å². The summed E-state index contributed by atoms with van der Waals surface area (Å²) in [6.45, 7) is 3.85. The summed E-state index contributed by atoms with van der Waals surface area (Å²) in [6, 6.07) is 29.6. The van der Waals surface area contributed by atoms with Gasteiger partial charge in [0, 0.05) is 17.1 Å². The first-order chi connectivity index (χ1) is 15.5. The van der Waals surface area contributed by atoms with Gasteiger partial charge in [-0.1, -0.05) is 72.8 Å². The number of amides is 2. The molecule has 0 unspecified atom stereocenters. The summed E-state index contributed by atoms with van der Waals surface area (Å²) in [4.78, 5) is 25.0. The van der Waals surface area contributed by atoms with Crippen LogP contribution in [0, 0.1) is 13.8 Å². The zero-order chi connectivity index (χ0) is 22.5. The van der Waals surface area contributed by atoms with Crippen molar-refractivity contribution >= 4 is 11.8 Å². The zero-order valence-corrected chi connectivity index (χ0v) is 18.1. The number of hydrazine groups is 1. The van der Waals surface area contributed by atoms with Crippen LogP contribution >= 0.6 is 0 Å². The number of aryl methyl sites for hydroxylation is 1. The van der Waals surface area contributed by atoms with Crippen LogP contribution in [-0.4, -0.2) is 16.4 Å². The lowest BCUT2D eigenvalue weighted by molar-refractivity contribution is -0.121. The highest BCUT2D eigenvalue weighted by Crippen LogP contribution is 2.21. The highest BCUT2D eigenvalue weighted by atomic mass is 16.2. The largest absolute Gasteiger partial charge is 0.318 e. The molecule has 0 aliphatic heterocycles. The Kier molecular flexibility index (Phi) is 6.17. The number of carbonyl (C=O) groups is 2. The zero-order valence-electron chi connectivity index (χ0n) is 18.1. The standard InChI is InChI=1S/C27H25N3O2/c1-19-17-25(20(2)30(19)24-11-7-4-8-12-24)27(32)29-28-26(31)18-21-13-15-23(16-14-21)22-9-5-3-6-10-22/h3-17H,18H2,1-2H3,(H,28,31)(H,29,32). The molecule has 0 bridgehead atoms. The van der Waals surface area contributed by atoms with Crippen molar-refractivity contribution in [3.8, 4) is 16.8 Å². The Morgan fingerprint density at radius 1 is 0.750 bits per heavy atom. The van der Waals surface area contributed by atoms with Crippen molar-refractivity contribution in [1.82, 2.24) is 15.4 Å². The van der Waals surface area contributed by atoms with Crippen LogP contribution in [0.5, 0.6) is 0 Å². The van der Waals surface area contributed by atoms with E-state index >= 15 is 0 Å². The second kappa shape index (κ2) is 9.35. The maximum atomic E-state index is 12.7. The van der Waals surface area contributed by atoms with E-state index in [0.29, 0.717) is 5.56 Å². The molecule has 160 valence electrons. The summed E-state index contributed by atoms with van der Waals surface area (Å²) in [7, 11) is 0. The second-order valence-electron chi connectivity index (χ2n) is 7.70. The third-order valence-electron chi connectivity index (χ3n) is 5.43. The number of hydrogen-bond donors (Lipinski definition) is 2. The number of aromatic nitrogens is 1. The Hall–Kier alpha value is -4.12. The van der Waals surface area contributed by atoms with Gasteiger partial charge in [-0.25, -0.2) is 0 Å². The molecule has 0 fully saturated rings. The third kappa shape index (κ3) is 4.62. The molecule has 2 N–H and O–H groups in total. The fourth-order valence-electron chi connectivity index (χ4n) is 3.84. The third-order valence-corrected chi connectivity index (χ3v) is 5.43. The molecule has 0 saturated heterocycles. The van der Waals surface area contributed by atoms with E-state index in [1.165, 1.54) is 0 Å². The monoisotopic (exact) mass is 423 g/mol. The van der Waals surface area contributed by atoms with E-state index in [9.17, 15) is 9.59 Å². The van der Waals surface area contributed by atoms with Gasteiger partial charge >= 0.3 is 0 Å². The molecule has 1 heterocycles. The van der Waals surface area contributed by atoms with Gasteiger partial charge in [0.15, 0.2) is 0 Å². The highest BCUT2D eigenvalue weighted by Gasteiger charge is 2.17. The van der Waals surface area contributed by atoms with Crippen LogP contribution in [0.2, 0.25) is 0 Å². The van der Waals surface area contributed by atoms with Gasteiger partial charge in [-0.05, 0) is 48.7 Å². The van der Waals surface area contributed by atoms with Crippen LogP contribution in [0.1, 0.15) is 27.3 Å². The Balaban J connectivity index is 1.37. The number of carbonyl (C=O) groups excluding carboxylic acids is 2. The molecule has 1 aromatic heterocycles. The summed E-state index contributed by atoms with van der Waals surface area (Å²) in [5.41, 5.74) is 11.4. The average molecular weight is 424 g/mol. The Labute approximate surface area is 187 Å². The van der Waals surface area contributed by atoms with E-state index < -0.39 is 0 Å². The summed E-state index contributed by atoms with van der Waals surface area (Å²) in [5, 5.41) is 0. The number of nitrogens with zero attached hydrogens (tertiary/aromatic N) is 1. The number of para-hydroxylation sites is 1. The van der Waals surface area contributed by atoms with Gasteiger partial charge in [0.05, 0.1) is 12.0 Å². The average Bonchev–Trinajstić information content (AvgIpc) is 3.13. The minimum absolute atomic E-state index is 0.179. The molecule has 3 aromatic carbocycles. The maximum absolute atomic E-state index is 12.7. The van der Waals surface area contributed by atoms with Crippen molar-refractivity contribution in [3.05, 3.63) is 114 Å². The molecule has 0 spiro atoms. The van der Waals surface area contributed by atoms with E-state index in [0.717, 1.165) is 33.8 Å². The predicted octanol–water partition coefficient (Wildman–Crippen LogP) is 4.76. The van der Waals surface area contributed by atoms with Crippen LogP contribution in [0.4, 0.5) is 0 Å². The maximum Gasteiger partial charge on any atom is 0.271 e. The molecule has 0 aliphatic rings. The van der Waals surface area contributed by atoms with Gasteiger partial charge in [0.25, 0.3) is 5.91 Å². The van der Waals surface area contributed by atoms with E-state index in [1.807, 2.05) is 109 Å². The SMILES string of the molecule is Cc1cc(C(=O)NNC(=O)Cc2ccc(-c3ccccc3)cc2)c(C)n1-c1ccccc1. The molecule has 5 nitrogen and oxygen atoms in total. The number of hydrogen-bond acceptors (Lipinski definition) is 2. The smallest absolute Gasteiger partial charge is 0.271 e. The van der Waals surface area contributed by atoms with Crippen LogP contribution in [0.15, 0.2) is 91.0 Å². The second-order valence-corrected chi connectivity index (χ2v) is 7.70. The van der Waals surface area contributed by atoms with E-state index in [4.69, 9.17) is 0 Å². The van der Waals surface area contributed by atoms with Crippen molar-refractivity contribution < 1.29 is 9.59 Å². The van der Waals surface area contributed by atoms with Gasteiger partial charge in [-0.3, -0.25) is 20.4 Å². The number of rotatable bonds is 5. The molecule has 5 heteroatoms. The lowest BCUT2D eigenvalue weighted by Crippen LogP contribution is -2.42. The first-order valence-corrected chi connectivity index (χ1v) is 10.5. The van der Waals surface area contributed by atoms with Gasteiger partial charge in [0.1, 0.15) is 0 Å². The predicted molar refractivity (Wildman–Crippen MR) is 126 cm³/mol. The molecule has 0 radical (unpaired) electrons. The van der Waals surface area contributed by atoms with Crippen LogP contribution in [0.3, 0.4) is 0 Å². The lowest BCUT2D eigenvalue weighted by Gasteiger charge is -2.10. The van der Waals surface area contributed by atoms with Crippen LogP contribution < -0.4 is 10.9 Å². The summed E-state index contributed by atoms with van der Waals surface area (Å²) >= 11 is 0. The molecule has 0 aliphatic carbocycles. The van der Waals surface area contributed by atoms with Crippen molar-refractivity contribution in [2.75, 3.05) is 0 Å². The molecular formula is C27H25N3O2. The van der Waals surface area contributed by atoms with Crippen LogP contribution in [0.25, 0.3) is 16.8 Å². The normalized spacial score (nSPS) is 10.6. The molecule has 0 saturated carbocycles. The van der Waals surface area contributed by atoms with Crippen molar-refractivity contribution in [3.63, 3.8) is 0 Å². The molecule has 0 atom stereocenters. The fraction of sp³-hybridized carbons (Fsp3) is 0.111. The highest BCUT2D eigenvalue weighted by molar-refractivity contribution is 5.97. The summed E-state index contributed by atoms with van der Waals surface area (Å²) in [5.74, 6) is -0.615. The lowest BCUT2D eigenvalue weighted by atomic mass is 10.0. The minimum atomic E-state index is -0.340. The minimum Gasteiger partial charge on any atom is -0.318 e. The first kappa shape index (κ1) is 21.1.